The molecule has 0 spiro atoms. The van der Waals surface area contributed by atoms with E-state index in [-0.39, 0.29) is 0 Å². The van der Waals surface area contributed by atoms with Crippen molar-refractivity contribution < 1.29 is 13.6 Å². The minimum Gasteiger partial charge on any atom is -0.301 e. The third-order valence-electron chi connectivity index (χ3n) is 2.53. The van der Waals surface area contributed by atoms with E-state index in [1.807, 2.05) is 56.3 Å². The molecular weight excluding hydrogens is 279 g/mol. The van der Waals surface area contributed by atoms with E-state index in [1.54, 1.807) is 0 Å². The number of benzene rings is 2. The van der Waals surface area contributed by atoms with Gasteiger partial charge in [-0.3, -0.25) is 0 Å². The monoisotopic (exact) mass is 296 g/mol. The van der Waals surface area contributed by atoms with E-state index in [2.05, 4.69) is 0 Å². The summed E-state index contributed by atoms with van der Waals surface area (Å²) in [5, 5.41) is 2.18. The summed E-state index contributed by atoms with van der Waals surface area (Å²) in [7, 11) is 0. The van der Waals surface area contributed by atoms with Crippen LogP contribution >= 0.6 is 18.2 Å². The van der Waals surface area contributed by atoms with Gasteiger partial charge in [-0.15, -0.1) is 0 Å². The molecule has 3 nitrogen and oxygen atoms in total. The predicted octanol–water partition coefficient (Wildman–Crippen LogP) is 5.11. The summed E-state index contributed by atoms with van der Waals surface area (Å²) in [6, 6.07) is 13.9. The SMILES string of the molecule is CCOP(=O)(OCC)Sc1cccc2ccccc12. The lowest BCUT2D eigenvalue weighted by molar-refractivity contribution is 0.237. The van der Waals surface area contributed by atoms with Gasteiger partial charge >= 0.3 is 6.80 Å². The number of rotatable bonds is 6. The molecular formula is C14H17O3PS. The first-order chi connectivity index (χ1) is 9.18. The average Bonchev–Trinajstić information content (AvgIpc) is 2.39. The van der Waals surface area contributed by atoms with Gasteiger partial charge in [-0.1, -0.05) is 36.4 Å². The molecule has 0 unspecified atom stereocenters. The van der Waals surface area contributed by atoms with Gasteiger partial charge < -0.3 is 9.05 Å². The van der Waals surface area contributed by atoms with Crippen molar-refractivity contribution >= 4 is 29.0 Å². The van der Waals surface area contributed by atoms with Gasteiger partial charge in [-0.2, -0.15) is 0 Å². The van der Waals surface area contributed by atoms with E-state index in [0.717, 1.165) is 15.7 Å². The van der Waals surface area contributed by atoms with Crippen molar-refractivity contribution in [2.75, 3.05) is 13.2 Å². The van der Waals surface area contributed by atoms with Crippen molar-refractivity contribution in [3.63, 3.8) is 0 Å². The summed E-state index contributed by atoms with van der Waals surface area (Å²) in [5.41, 5.74) is 0. The molecule has 2 rings (SSSR count). The first-order valence-electron chi connectivity index (χ1n) is 6.25. The second kappa shape index (κ2) is 6.58. The van der Waals surface area contributed by atoms with Gasteiger partial charge in [0, 0.05) is 4.90 Å². The first-order valence-corrected chi connectivity index (χ1v) is 9.21. The largest absolute Gasteiger partial charge is 0.393 e. The molecule has 0 saturated heterocycles. The molecule has 19 heavy (non-hydrogen) atoms. The first kappa shape index (κ1) is 14.6. The Morgan fingerprint density at radius 3 is 2.32 bits per heavy atom. The van der Waals surface area contributed by atoms with Crippen LogP contribution in [0, 0.1) is 0 Å². The lowest BCUT2D eigenvalue weighted by atomic mass is 10.1. The van der Waals surface area contributed by atoms with Gasteiger partial charge in [0.15, 0.2) is 0 Å². The predicted molar refractivity (Wildman–Crippen MR) is 80.7 cm³/mol. The Morgan fingerprint density at radius 1 is 1.00 bits per heavy atom. The van der Waals surface area contributed by atoms with Crippen molar-refractivity contribution in [2.45, 2.75) is 18.7 Å². The van der Waals surface area contributed by atoms with E-state index in [0.29, 0.717) is 13.2 Å². The minimum atomic E-state index is -3.13. The van der Waals surface area contributed by atoms with Gasteiger partial charge in [0.25, 0.3) is 0 Å². The fourth-order valence-corrected chi connectivity index (χ4v) is 5.43. The molecule has 5 heteroatoms. The van der Waals surface area contributed by atoms with Crippen LogP contribution in [0.5, 0.6) is 0 Å². The molecule has 0 aromatic heterocycles. The van der Waals surface area contributed by atoms with E-state index in [9.17, 15) is 4.57 Å². The summed E-state index contributed by atoms with van der Waals surface area (Å²) in [6.45, 7) is 1.24. The van der Waals surface area contributed by atoms with Crippen LogP contribution < -0.4 is 0 Å². The third-order valence-corrected chi connectivity index (χ3v) is 6.35. The highest BCUT2D eigenvalue weighted by molar-refractivity contribution is 8.55. The number of hydrogen-bond acceptors (Lipinski definition) is 4. The molecule has 0 fully saturated rings. The van der Waals surface area contributed by atoms with Crippen LogP contribution in [0.2, 0.25) is 0 Å². The Bertz CT molecular complexity index is 585. The summed E-state index contributed by atoms with van der Waals surface area (Å²) in [4.78, 5) is 0.920. The molecule has 102 valence electrons. The maximum absolute atomic E-state index is 12.5. The Hall–Kier alpha value is -0.800. The Morgan fingerprint density at radius 2 is 1.63 bits per heavy atom. The maximum Gasteiger partial charge on any atom is 0.393 e. The molecule has 0 amide bonds. The second-order valence-corrected chi connectivity index (χ2v) is 7.77. The minimum absolute atomic E-state index is 0.370. The van der Waals surface area contributed by atoms with Crippen molar-refractivity contribution in [3.05, 3.63) is 42.5 Å². The molecule has 0 atom stereocenters. The van der Waals surface area contributed by atoms with Gasteiger partial charge in [0.05, 0.1) is 13.2 Å². The summed E-state index contributed by atoms with van der Waals surface area (Å²) >= 11 is 1.18. The van der Waals surface area contributed by atoms with E-state index < -0.39 is 6.80 Å². The Kier molecular flexibility index (Phi) is 5.06. The summed E-state index contributed by atoms with van der Waals surface area (Å²) < 4.78 is 23.2. The van der Waals surface area contributed by atoms with Gasteiger partial charge in [-0.25, -0.2) is 4.57 Å². The molecule has 0 saturated carbocycles. The van der Waals surface area contributed by atoms with Gasteiger partial charge in [0.2, 0.25) is 0 Å². The van der Waals surface area contributed by atoms with Crippen LogP contribution in [0.4, 0.5) is 0 Å². The molecule has 0 aliphatic heterocycles. The van der Waals surface area contributed by atoms with E-state index >= 15 is 0 Å². The summed E-state index contributed by atoms with van der Waals surface area (Å²) in [5.74, 6) is 0. The Labute approximate surface area is 117 Å². The van der Waals surface area contributed by atoms with Crippen molar-refractivity contribution in [1.82, 2.24) is 0 Å². The van der Waals surface area contributed by atoms with Crippen molar-refractivity contribution in [1.29, 1.82) is 0 Å². The van der Waals surface area contributed by atoms with Crippen LogP contribution in [-0.2, 0) is 13.6 Å². The number of hydrogen-bond donors (Lipinski definition) is 0. The zero-order valence-corrected chi connectivity index (χ0v) is 12.7. The standard InChI is InChI=1S/C14H17O3PS/c1-3-16-18(15,17-4-2)19-14-11-7-9-12-8-5-6-10-13(12)14/h5-11H,3-4H2,1-2H3. The van der Waals surface area contributed by atoms with Gasteiger partial charge in [-0.05, 0) is 42.1 Å². The zero-order chi connectivity index (χ0) is 13.7. The number of fused-ring (bicyclic) bond motifs is 1. The third kappa shape index (κ3) is 3.61. The van der Waals surface area contributed by atoms with Gasteiger partial charge in [0.1, 0.15) is 0 Å². The Balaban J connectivity index is 2.36. The molecule has 0 aliphatic carbocycles. The van der Waals surface area contributed by atoms with Crippen LogP contribution in [0.15, 0.2) is 47.4 Å². The maximum atomic E-state index is 12.5. The fourth-order valence-electron chi connectivity index (χ4n) is 1.80. The second-order valence-electron chi connectivity index (χ2n) is 3.85. The molecule has 0 heterocycles. The van der Waals surface area contributed by atoms with E-state index in [4.69, 9.17) is 9.05 Å². The van der Waals surface area contributed by atoms with Crippen LogP contribution in [0.3, 0.4) is 0 Å². The molecule has 2 aromatic rings. The quantitative estimate of drug-likeness (QED) is 0.694. The molecule has 0 bridgehead atoms. The smallest absolute Gasteiger partial charge is 0.301 e. The molecule has 0 N–H and O–H groups in total. The molecule has 0 aliphatic rings. The molecule has 0 radical (unpaired) electrons. The van der Waals surface area contributed by atoms with Crippen LogP contribution in [-0.4, -0.2) is 13.2 Å². The summed E-state index contributed by atoms with van der Waals surface area (Å²) in [6.07, 6.45) is 0. The lowest BCUT2D eigenvalue weighted by Crippen LogP contribution is -1.92. The van der Waals surface area contributed by atoms with Crippen LogP contribution in [0.1, 0.15) is 13.8 Å². The van der Waals surface area contributed by atoms with E-state index in [1.165, 1.54) is 11.4 Å². The highest BCUT2D eigenvalue weighted by Crippen LogP contribution is 2.64. The molecule has 2 aromatic carbocycles. The normalized spacial score (nSPS) is 11.9. The van der Waals surface area contributed by atoms with Crippen molar-refractivity contribution in [2.24, 2.45) is 0 Å². The van der Waals surface area contributed by atoms with Crippen molar-refractivity contribution in [3.8, 4) is 0 Å². The topological polar surface area (TPSA) is 35.5 Å². The highest BCUT2D eigenvalue weighted by Gasteiger charge is 2.26. The highest BCUT2D eigenvalue weighted by atomic mass is 32.7. The van der Waals surface area contributed by atoms with Crippen LogP contribution in [0.25, 0.3) is 10.8 Å². The lowest BCUT2D eigenvalue weighted by Gasteiger charge is -2.16. The fraction of sp³-hybridized carbons (Fsp3) is 0.286. The average molecular weight is 296 g/mol. The zero-order valence-electron chi connectivity index (χ0n) is 11.0.